The van der Waals surface area contributed by atoms with E-state index in [-0.39, 0.29) is 12.4 Å². The number of carboxylic acids is 1. The van der Waals surface area contributed by atoms with E-state index < -0.39 is 32.6 Å². The molecule has 0 amide bonds. The van der Waals surface area contributed by atoms with Crippen molar-refractivity contribution >= 4 is 26.0 Å². The molecule has 108 valence electrons. The molecule has 7 nitrogen and oxygen atoms in total. The maximum Gasteiger partial charge on any atom is 0.361 e. The fraction of sp³-hybridized carbons (Fsp3) is 0.545. The second kappa shape index (κ2) is 7.57. The highest BCUT2D eigenvalue weighted by atomic mass is 28.4. The summed E-state index contributed by atoms with van der Waals surface area (Å²) >= 11 is 0. The van der Waals surface area contributed by atoms with Gasteiger partial charge in [-0.2, -0.15) is 0 Å². The highest BCUT2D eigenvalue weighted by molar-refractivity contribution is 6.70. The third-order valence-electron chi connectivity index (χ3n) is 1.54. The van der Waals surface area contributed by atoms with Crippen LogP contribution in [0, 0.1) is 0 Å². The number of aliphatic carboxylic acids is 1. The van der Waals surface area contributed by atoms with Crippen LogP contribution in [0.5, 0.6) is 0 Å². The Morgan fingerprint density at radius 3 is 2.32 bits per heavy atom. The van der Waals surface area contributed by atoms with Gasteiger partial charge in [0.1, 0.15) is 5.76 Å². The van der Waals surface area contributed by atoms with Crippen molar-refractivity contribution in [2.45, 2.75) is 26.6 Å². The first-order chi connectivity index (χ1) is 8.67. The average Bonchev–Trinajstić information content (AvgIpc) is 2.21. The third kappa shape index (κ3) is 7.98. The van der Waals surface area contributed by atoms with Gasteiger partial charge in [-0.25, -0.2) is 9.59 Å². The lowest BCUT2D eigenvalue weighted by Crippen LogP contribution is -2.29. The van der Waals surface area contributed by atoms with Gasteiger partial charge in [0.15, 0.2) is 0 Å². The summed E-state index contributed by atoms with van der Waals surface area (Å²) in [7, 11) is -1.99. The molecule has 0 saturated heterocycles. The third-order valence-corrected chi connectivity index (χ3v) is 2.40. The lowest BCUT2D eigenvalue weighted by Gasteiger charge is -2.20. The number of hydrogen-bond acceptors (Lipinski definition) is 6. The first-order valence-electron chi connectivity index (χ1n) is 5.64. The predicted molar refractivity (Wildman–Crippen MR) is 71.2 cm³/mol. The number of ether oxygens (including phenoxy) is 1. The van der Waals surface area contributed by atoms with Crippen LogP contribution >= 0.6 is 0 Å². The molecule has 0 spiro atoms. The van der Waals surface area contributed by atoms with Crippen LogP contribution in [0.3, 0.4) is 0 Å². The van der Waals surface area contributed by atoms with Gasteiger partial charge in [-0.1, -0.05) is 11.7 Å². The van der Waals surface area contributed by atoms with E-state index in [9.17, 15) is 9.59 Å². The summed E-state index contributed by atoms with van der Waals surface area (Å²) in [4.78, 5) is 26.6. The summed E-state index contributed by atoms with van der Waals surface area (Å²) in [5, 5.41) is 12.3. The molecular weight excluding hydrogens is 270 g/mol. The van der Waals surface area contributed by atoms with E-state index in [1.165, 1.54) is 0 Å². The van der Waals surface area contributed by atoms with Crippen molar-refractivity contribution in [1.29, 1.82) is 0 Å². The zero-order chi connectivity index (χ0) is 15.1. The minimum Gasteiger partial charge on any atom is -0.543 e. The standard InChI is InChI=1S/C11H19NO6Si/c1-6-16-9(13)7-17-12-10(11(14)15)8(2)18-19(3,4)5/h2,6-7H2,1,3-5H3,(H,14,15). The summed E-state index contributed by atoms with van der Waals surface area (Å²) in [6, 6.07) is 0. The molecule has 0 unspecified atom stereocenters. The Morgan fingerprint density at radius 2 is 1.89 bits per heavy atom. The number of carbonyl (C=O) groups excluding carboxylic acids is 1. The van der Waals surface area contributed by atoms with Crippen LogP contribution < -0.4 is 0 Å². The van der Waals surface area contributed by atoms with Crippen LogP contribution in [0.15, 0.2) is 17.5 Å². The SMILES string of the molecule is C=C(O[Si](C)(C)C)C(=NOCC(=O)OCC)C(=O)O. The zero-order valence-corrected chi connectivity index (χ0v) is 12.6. The molecule has 0 heterocycles. The fourth-order valence-corrected chi connectivity index (χ4v) is 1.82. The topological polar surface area (TPSA) is 94.4 Å². The molecule has 0 aliphatic heterocycles. The molecule has 0 radical (unpaired) electrons. The van der Waals surface area contributed by atoms with Crippen molar-refractivity contribution < 1.29 is 28.7 Å². The Morgan fingerprint density at radius 1 is 1.32 bits per heavy atom. The maximum absolute atomic E-state index is 11.0. The molecule has 0 rings (SSSR count). The van der Waals surface area contributed by atoms with Gasteiger partial charge in [-0.15, -0.1) is 0 Å². The Bertz CT molecular complexity index is 385. The number of oxime groups is 1. The first kappa shape index (κ1) is 17.2. The number of hydrogen-bond donors (Lipinski definition) is 1. The van der Waals surface area contributed by atoms with Crippen LogP contribution in [0.4, 0.5) is 0 Å². The molecule has 0 aliphatic rings. The molecule has 0 saturated carbocycles. The first-order valence-corrected chi connectivity index (χ1v) is 9.05. The van der Waals surface area contributed by atoms with Crippen molar-refractivity contribution in [3.8, 4) is 0 Å². The van der Waals surface area contributed by atoms with Gasteiger partial charge in [0.25, 0.3) is 0 Å². The molecule has 0 fully saturated rings. The molecule has 0 aromatic carbocycles. The minimum atomic E-state index is -1.99. The molecule has 0 aliphatic carbocycles. The lowest BCUT2D eigenvalue weighted by atomic mass is 10.3. The quantitative estimate of drug-likeness (QED) is 0.238. The molecule has 0 bridgehead atoms. The molecule has 0 aromatic rings. The summed E-state index contributed by atoms with van der Waals surface area (Å²) in [6.45, 7) is 10.5. The van der Waals surface area contributed by atoms with Crippen LogP contribution in [-0.4, -0.2) is 44.3 Å². The Labute approximate surface area is 113 Å². The second-order valence-electron chi connectivity index (χ2n) is 4.46. The number of carbonyl (C=O) groups is 2. The average molecular weight is 289 g/mol. The van der Waals surface area contributed by atoms with E-state index >= 15 is 0 Å². The van der Waals surface area contributed by atoms with Crippen molar-refractivity contribution in [2.24, 2.45) is 5.16 Å². The van der Waals surface area contributed by atoms with E-state index in [1.807, 2.05) is 19.6 Å². The summed E-state index contributed by atoms with van der Waals surface area (Å²) in [5.41, 5.74) is -0.466. The Balaban J connectivity index is 4.60. The van der Waals surface area contributed by atoms with Gasteiger partial charge in [0.05, 0.1) is 6.61 Å². The zero-order valence-electron chi connectivity index (χ0n) is 11.6. The monoisotopic (exact) mass is 289 g/mol. The van der Waals surface area contributed by atoms with E-state index in [4.69, 9.17) is 9.53 Å². The van der Waals surface area contributed by atoms with E-state index in [0.717, 1.165) is 0 Å². The van der Waals surface area contributed by atoms with E-state index in [1.54, 1.807) is 6.92 Å². The minimum absolute atomic E-state index is 0.0875. The van der Waals surface area contributed by atoms with Crippen LogP contribution in [0.25, 0.3) is 0 Å². The Hall–Kier alpha value is -1.83. The predicted octanol–water partition coefficient (Wildman–Crippen LogP) is 1.37. The van der Waals surface area contributed by atoms with E-state index in [2.05, 4.69) is 21.3 Å². The van der Waals surface area contributed by atoms with Crippen molar-refractivity contribution in [3.63, 3.8) is 0 Å². The van der Waals surface area contributed by atoms with E-state index in [0.29, 0.717) is 0 Å². The highest BCUT2D eigenvalue weighted by Gasteiger charge is 2.23. The highest BCUT2D eigenvalue weighted by Crippen LogP contribution is 2.10. The largest absolute Gasteiger partial charge is 0.543 e. The van der Waals surface area contributed by atoms with Crippen LogP contribution in [-0.2, 0) is 23.6 Å². The second-order valence-corrected chi connectivity index (χ2v) is 8.89. The maximum atomic E-state index is 11.0. The summed E-state index contributed by atoms with van der Waals surface area (Å²) in [5.74, 6) is -2.06. The molecular formula is C11H19NO6Si. The molecule has 0 atom stereocenters. The molecule has 1 N–H and O–H groups in total. The molecule has 8 heteroatoms. The number of carboxylic acid groups (broad SMARTS) is 1. The smallest absolute Gasteiger partial charge is 0.361 e. The van der Waals surface area contributed by atoms with Crippen LogP contribution in [0.1, 0.15) is 6.92 Å². The van der Waals surface area contributed by atoms with Gasteiger partial charge < -0.3 is 19.1 Å². The fourth-order valence-electron chi connectivity index (χ4n) is 0.979. The van der Waals surface area contributed by atoms with Crippen molar-refractivity contribution in [1.82, 2.24) is 0 Å². The van der Waals surface area contributed by atoms with Crippen LogP contribution in [0.2, 0.25) is 19.6 Å². The van der Waals surface area contributed by atoms with Gasteiger partial charge in [-0.05, 0) is 26.6 Å². The summed E-state index contributed by atoms with van der Waals surface area (Å²) < 4.78 is 10.0. The van der Waals surface area contributed by atoms with Gasteiger partial charge >= 0.3 is 11.9 Å². The van der Waals surface area contributed by atoms with Gasteiger partial charge in [-0.3, -0.25) is 0 Å². The number of nitrogens with zero attached hydrogens (tertiary/aromatic N) is 1. The molecule has 0 aromatic heterocycles. The van der Waals surface area contributed by atoms with Crippen molar-refractivity contribution in [2.75, 3.05) is 13.2 Å². The van der Waals surface area contributed by atoms with Gasteiger partial charge in [0.2, 0.25) is 20.6 Å². The van der Waals surface area contributed by atoms with Gasteiger partial charge in [0, 0.05) is 0 Å². The summed E-state index contributed by atoms with van der Waals surface area (Å²) in [6.07, 6.45) is 0. The normalized spacial score (nSPS) is 11.7. The van der Waals surface area contributed by atoms with Crippen molar-refractivity contribution in [3.05, 3.63) is 12.3 Å². The number of esters is 1. The Kier molecular flexibility index (Phi) is 6.84. The lowest BCUT2D eigenvalue weighted by molar-refractivity contribution is -0.148. The molecule has 19 heavy (non-hydrogen) atoms. The number of rotatable bonds is 8.